The van der Waals surface area contributed by atoms with Crippen molar-refractivity contribution in [1.82, 2.24) is 14.7 Å². The van der Waals surface area contributed by atoms with Crippen LogP contribution in [0.4, 0.5) is 0 Å². The largest absolute Gasteiger partial charge is 0.465 e. The highest BCUT2D eigenvalue weighted by Gasteiger charge is 2.39. The molecule has 2 heterocycles. The normalized spacial score (nSPS) is 24.0. The second kappa shape index (κ2) is 8.45. The molecule has 0 N–H and O–H groups in total. The Morgan fingerprint density at radius 1 is 1.17 bits per heavy atom. The van der Waals surface area contributed by atoms with Crippen molar-refractivity contribution in [1.29, 1.82) is 0 Å². The van der Waals surface area contributed by atoms with Gasteiger partial charge < -0.3 is 19.4 Å². The molecular formula is C18H35N3O2. The van der Waals surface area contributed by atoms with Gasteiger partial charge in [-0.25, -0.2) is 0 Å². The van der Waals surface area contributed by atoms with Crippen LogP contribution in [0, 0.1) is 5.41 Å². The molecule has 5 nitrogen and oxygen atoms in total. The molecule has 2 aliphatic heterocycles. The average Bonchev–Trinajstić information content (AvgIpc) is 2.53. The van der Waals surface area contributed by atoms with Crippen LogP contribution in [0.1, 0.15) is 39.0 Å². The van der Waals surface area contributed by atoms with Gasteiger partial charge in [-0.1, -0.05) is 0 Å². The number of rotatable bonds is 6. The van der Waals surface area contributed by atoms with Crippen molar-refractivity contribution < 1.29 is 9.53 Å². The maximum Gasteiger partial charge on any atom is 0.311 e. The Morgan fingerprint density at radius 2 is 1.78 bits per heavy atom. The van der Waals surface area contributed by atoms with Crippen LogP contribution in [0.3, 0.4) is 0 Å². The first-order valence-corrected chi connectivity index (χ1v) is 9.15. The molecule has 0 unspecified atom stereocenters. The number of ether oxygens (including phenoxy) is 1. The maximum absolute atomic E-state index is 12.4. The van der Waals surface area contributed by atoms with Crippen LogP contribution in [-0.4, -0.2) is 87.2 Å². The standard InChI is InChI=1S/C18H35N3O2/c1-18(17(22)23-15-5-10-19(2)3)8-13-21(14-9-18)16-6-11-20(4)12-7-16/h16H,5-15H2,1-4H3. The first kappa shape index (κ1) is 18.7. The molecule has 5 heteroatoms. The summed E-state index contributed by atoms with van der Waals surface area (Å²) in [6.45, 7) is 8.08. The molecule has 0 aromatic carbocycles. The molecule has 0 amide bonds. The predicted molar refractivity (Wildman–Crippen MR) is 93.6 cm³/mol. The summed E-state index contributed by atoms with van der Waals surface area (Å²) in [5.41, 5.74) is -0.278. The fourth-order valence-corrected chi connectivity index (χ4v) is 3.67. The van der Waals surface area contributed by atoms with Gasteiger partial charge in [-0.15, -0.1) is 0 Å². The number of carbonyl (C=O) groups is 1. The highest BCUT2D eigenvalue weighted by atomic mass is 16.5. The summed E-state index contributed by atoms with van der Waals surface area (Å²) in [6, 6.07) is 0.715. The SMILES string of the molecule is CN(C)CCCOC(=O)C1(C)CCN(C2CCN(C)CC2)CC1. The molecular weight excluding hydrogens is 290 g/mol. The summed E-state index contributed by atoms with van der Waals surface area (Å²) in [7, 11) is 6.29. The Balaban J connectivity index is 1.72. The van der Waals surface area contributed by atoms with Crippen molar-refractivity contribution in [2.45, 2.75) is 45.1 Å². The third kappa shape index (κ3) is 5.44. The predicted octanol–water partition coefficient (Wildman–Crippen LogP) is 1.68. The minimum Gasteiger partial charge on any atom is -0.465 e. The van der Waals surface area contributed by atoms with Crippen LogP contribution in [0.15, 0.2) is 0 Å². The summed E-state index contributed by atoms with van der Waals surface area (Å²) >= 11 is 0. The van der Waals surface area contributed by atoms with Crippen LogP contribution in [-0.2, 0) is 9.53 Å². The Labute approximate surface area is 141 Å². The average molecular weight is 325 g/mol. The van der Waals surface area contributed by atoms with Crippen LogP contribution < -0.4 is 0 Å². The zero-order chi connectivity index (χ0) is 16.9. The lowest BCUT2D eigenvalue weighted by atomic mass is 9.79. The van der Waals surface area contributed by atoms with Gasteiger partial charge in [0.1, 0.15) is 0 Å². The van der Waals surface area contributed by atoms with Crippen molar-refractivity contribution in [2.75, 3.05) is 60.5 Å². The van der Waals surface area contributed by atoms with Crippen LogP contribution in [0.5, 0.6) is 0 Å². The number of likely N-dealkylation sites (tertiary alicyclic amines) is 2. The highest BCUT2D eigenvalue weighted by molar-refractivity contribution is 5.76. The first-order valence-electron chi connectivity index (χ1n) is 9.15. The minimum absolute atomic E-state index is 0.0132. The van der Waals surface area contributed by atoms with E-state index in [9.17, 15) is 4.79 Å². The van der Waals surface area contributed by atoms with E-state index in [1.807, 2.05) is 14.1 Å². The quantitative estimate of drug-likeness (QED) is 0.548. The lowest BCUT2D eigenvalue weighted by molar-refractivity contribution is -0.158. The van der Waals surface area contributed by atoms with Gasteiger partial charge in [0, 0.05) is 12.6 Å². The van der Waals surface area contributed by atoms with Crippen molar-refractivity contribution in [3.63, 3.8) is 0 Å². The van der Waals surface area contributed by atoms with E-state index in [0.717, 1.165) is 38.9 Å². The number of hydrogen-bond acceptors (Lipinski definition) is 5. The molecule has 0 spiro atoms. The number of carbonyl (C=O) groups excluding carboxylic acids is 1. The summed E-state index contributed by atoms with van der Waals surface area (Å²) in [4.78, 5) is 19.6. The molecule has 23 heavy (non-hydrogen) atoms. The molecule has 0 aromatic rings. The number of hydrogen-bond donors (Lipinski definition) is 0. The van der Waals surface area contributed by atoms with E-state index in [2.05, 4.69) is 28.7 Å². The zero-order valence-corrected chi connectivity index (χ0v) is 15.5. The van der Waals surface area contributed by atoms with Crippen molar-refractivity contribution in [2.24, 2.45) is 5.41 Å². The number of nitrogens with zero attached hydrogens (tertiary/aromatic N) is 3. The Morgan fingerprint density at radius 3 is 2.35 bits per heavy atom. The summed E-state index contributed by atoms with van der Waals surface area (Å²) in [6.07, 6.45) is 5.32. The van der Waals surface area contributed by atoms with Crippen LogP contribution >= 0.6 is 0 Å². The van der Waals surface area contributed by atoms with E-state index in [4.69, 9.17) is 4.74 Å². The summed E-state index contributed by atoms with van der Waals surface area (Å²) < 4.78 is 5.54. The molecule has 2 rings (SSSR count). The van der Waals surface area contributed by atoms with Gasteiger partial charge in [0.05, 0.1) is 12.0 Å². The maximum atomic E-state index is 12.4. The Hall–Kier alpha value is -0.650. The molecule has 2 aliphatic rings. The second-order valence-electron chi connectivity index (χ2n) is 7.92. The Bertz CT molecular complexity index is 370. The molecule has 2 fully saturated rings. The third-order valence-electron chi connectivity index (χ3n) is 5.58. The Kier molecular flexibility index (Phi) is 6.86. The molecule has 134 valence electrons. The van der Waals surface area contributed by atoms with Crippen molar-refractivity contribution in [3.8, 4) is 0 Å². The number of piperidine rings is 2. The third-order valence-corrected chi connectivity index (χ3v) is 5.58. The fourth-order valence-electron chi connectivity index (χ4n) is 3.67. The van der Waals surface area contributed by atoms with Gasteiger partial charge in [-0.2, -0.15) is 0 Å². The molecule has 0 radical (unpaired) electrons. The molecule has 0 atom stereocenters. The van der Waals surface area contributed by atoms with Gasteiger partial charge >= 0.3 is 5.97 Å². The van der Waals surface area contributed by atoms with Gasteiger partial charge in [0.15, 0.2) is 0 Å². The van der Waals surface area contributed by atoms with E-state index < -0.39 is 0 Å². The van der Waals surface area contributed by atoms with Crippen LogP contribution in [0.25, 0.3) is 0 Å². The highest BCUT2D eigenvalue weighted by Crippen LogP contribution is 2.34. The van der Waals surface area contributed by atoms with E-state index in [1.165, 1.54) is 25.9 Å². The zero-order valence-electron chi connectivity index (χ0n) is 15.5. The molecule has 0 aliphatic carbocycles. The smallest absolute Gasteiger partial charge is 0.311 e. The monoisotopic (exact) mass is 325 g/mol. The lowest BCUT2D eigenvalue weighted by Gasteiger charge is -2.43. The summed E-state index contributed by atoms with van der Waals surface area (Å²) in [5, 5.41) is 0. The molecule has 0 bridgehead atoms. The summed E-state index contributed by atoms with van der Waals surface area (Å²) in [5.74, 6) is 0.0132. The van der Waals surface area contributed by atoms with E-state index >= 15 is 0 Å². The van der Waals surface area contributed by atoms with Gasteiger partial charge in [0.25, 0.3) is 0 Å². The number of esters is 1. The first-order chi connectivity index (χ1) is 10.9. The molecule has 0 saturated carbocycles. The fraction of sp³-hybridized carbons (Fsp3) is 0.944. The van der Waals surface area contributed by atoms with E-state index in [0.29, 0.717) is 12.6 Å². The van der Waals surface area contributed by atoms with E-state index in [1.54, 1.807) is 0 Å². The van der Waals surface area contributed by atoms with Crippen molar-refractivity contribution >= 4 is 5.97 Å². The lowest BCUT2D eigenvalue weighted by Crippen LogP contribution is -2.50. The van der Waals surface area contributed by atoms with Crippen molar-refractivity contribution in [3.05, 3.63) is 0 Å². The second-order valence-corrected chi connectivity index (χ2v) is 7.92. The van der Waals surface area contributed by atoms with E-state index in [-0.39, 0.29) is 11.4 Å². The minimum atomic E-state index is -0.278. The molecule has 0 aromatic heterocycles. The molecule has 2 saturated heterocycles. The van der Waals surface area contributed by atoms with Crippen LogP contribution in [0.2, 0.25) is 0 Å². The van der Waals surface area contributed by atoms with Gasteiger partial charge in [-0.05, 0) is 86.3 Å². The van der Waals surface area contributed by atoms with Gasteiger partial charge in [0.2, 0.25) is 0 Å². The topological polar surface area (TPSA) is 36.0 Å². The van der Waals surface area contributed by atoms with Gasteiger partial charge in [-0.3, -0.25) is 4.79 Å².